The van der Waals surface area contributed by atoms with Gasteiger partial charge in [-0.15, -0.1) is 0 Å². The fourth-order valence-electron chi connectivity index (χ4n) is 5.96. The van der Waals surface area contributed by atoms with Gasteiger partial charge in [-0.1, -0.05) is 18.2 Å². The van der Waals surface area contributed by atoms with E-state index >= 15 is 0 Å². The largest absolute Gasteiger partial charge is 0.378 e. The van der Waals surface area contributed by atoms with E-state index in [-0.39, 0.29) is 18.5 Å². The van der Waals surface area contributed by atoms with E-state index in [9.17, 15) is 14.4 Å². The van der Waals surface area contributed by atoms with Crippen molar-refractivity contribution < 1.29 is 9.53 Å². The van der Waals surface area contributed by atoms with Crippen LogP contribution < -0.4 is 21.9 Å². The lowest BCUT2D eigenvalue weighted by molar-refractivity contribution is 0.0304. The van der Waals surface area contributed by atoms with Gasteiger partial charge in [0.15, 0.2) is 0 Å². The minimum atomic E-state index is -0.527. The van der Waals surface area contributed by atoms with Gasteiger partial charge in [-0.3, -0.25) is 18.7 Å². The normalized spacial score (nSPS) is 18.1. The van der Waals surface area contributed by atoms with E-state index in [2.05, 4.69) is 14.9 Å². The Labute approximate surface area is 230 Å². The fraction of sp³-hybridized carbons (Fsp3) is 0.464. The number of nitrogens with two attached hydrogens (primary N) is 1. The van der Waals surface area contributed by atoms with Gasteiger partial charge in [-0.25, -0.2) is 14.8 Å². The molecule has 2 aliphatic heterocycles. The Kier molecular flexibility index (Phi) is 6.88. The molecule has 12 nitrogen and oxygen atoms in total. The number of carbonyl (C=O) groups is 1. The van der Waals surface area contributed by atoms with E-state index in [1.807, 2.05) is 35.8 Å². The standard InChI is InChI=1S/C28H34N8O4/c1-3-35-24-23(22(26(37)33-11-13-40-14-12-33)25(35)34-10-6-8-19(29)16-34)32(2)28(39)36(27(24)38)17-21-30-15-18-7-4-5-9-20(18)31-21/h4-5,7,9,15,19H,3,6,8,10-14,16-17,29H2,1-2H3/t19-/m1/s1. The molecule has 1 aromatic carbocycles. The summed E-state index contributed by atoms with van der Waals surface area (Å²) in [5.74, 6) is 0.800. The van der Waals surface area contributed by atoms with Crippen molar-refractivity contribution in [3.63, 3.8) is 0 Å². The van der Waals surface area contributed by atoms with Gasteiger partial charge in [0.05, 0.1) is 30.8 Å². The maximum absolute atomic E-state index is 14.1. The molecular weight excluding hydrogens is 512 g/mol. The van der Waals surface area contributed by atoms with Crippen LogP contribution in [0.5, 0.6) is 0 Å². The molecule has 2 aliphatic rings. The first-order valence-corrected chi connectivity index (χ1v) is 13.8. The highest BCUT2D eigenvalue weighted by Gasteiger charge is 2.34. The van der Waals surface area contributed by atoms with Crippen LogP contribution in [0.25, 0.3) is 21.9 Å². The molecule has 210 valence electrons. The zero-order chi connectivity index (χ0) is 28.0. The predicted molar refractivity (Wildman–Crippen MR) is 152 cm³/mol. The summed E-state index contributed by atoms with van der Waals surface area (Å²) in [6, 6.07) is 7.51. The summed E-state index contributed by atoms with van der Waals surface area (Å²) in [5.41, 5.74) is 7.12. The average Bonchev–Trinajstić information content (AvgIpc) is 3.34. The summed E-state index contributed by atoms with van der Waals surface area (Å²) in [6.07, 6.45) is 3.46. The number of aromatic nitrogens is 5. The highest BCUT2D eigenvalue weighted by molar-refractivity contribution is 6.11. The summed E-state index contributed by atoms with van der Waals surface area (Å²) in [7, 11) is 1.61. The molecule has 3 aromatic heterocycles. The molecule has 0 unspecified atom stereocenters. The molecule has 12 heteroatoms. The summed E-state index contributed by atoms with van der Waals surface area (Å²) in [6.45, 7) is 5.34. The molecule has 0 radical (unpaired) electrons. The number of piperidine rings is 1. The first-order valence-electron chi connectivity index (χ1n) is 13.8. The maximum atomic E-state index is 14.1. The van der Waals surface area contributed by atoms with Gasteiger partial charge in [0, 0.05) is 57.4 Å². The Morgan fingerprint density at radius 3 is 2.62 bits per heavy atom. The number of carbonyl (C=O) groups excluding carboxylic acids is 1. The second-order valence-electron chi connectivity index (χ2n) is 10.5. The van der Waals surface area contributed by atoms with Gasteiger partial charge in [0.1, 0.15) is 22.7 Å². The Bertz CT molecular complexity index is 1720. The molecule has 0 aliphatic carbocycles. The minimum Gasteiger partial charge on any atom is -0.378 e. The van der Waals surface area contributed by atoms with Crippen molar-refractivity contribution in [2.75, 3.05) is 44.3 Å². The number of aryl methyl sites for hydroxylation is 2. The number of fused-ring (bicyclic) bond motifs is 2. The van der Waals surface area contributed by atoms with Gasteiger partial charge in [0.2, 0.25) is 0 Å². The van der Waals surface area contributed by atoms with E-state index in [0.29, 0.717) is 74.2 Å². The molecule has 6 rings (SSSR count). The maximum Gasteiger partial charge on any atom is 0.331 e. The van der Waals surface area contributed by atoms with Crippen LogP contribution >= 0.6 is 0 Å². The Morgan fingerprint density at radius 2 is 1.88 bits per heavy atom. The lowest BCUT2D eigenvalue weighted by Gasteiger charge is -2.34. The highest BCUT2D eigenvalue weighted by Crippen LogP contribution is 2.34. The Hall–Kier alpha value is -4.03. The number of amides is 1. The second kappa shape index (κ2) is 10.5. The van der Waals surface area contributed by atoms with Crippen molar-refractivity contribution in [1.29, 1.82) is 0 Å². The van der Waals surface area contributed by atoms with Crippen LogP contribution in [0, 0.1) is 0 Å². The van der Waals surface area contributed by atoms with E-state index in [1.54, 1.807) is 18.1 Å². The van der Waals surface area contributed by atoms with Crippen molar-refractivity contribution >= 4 is 33.7 Å². The molecule has 1 atom stereocenters. The monoisotopic (exact) mass is 546 g/mol. The third-order valence-electron chi connectivity index (χ3n) is 7.94. The average molecular weight is 547 g/mol. The first kappa shape index (κ1) is 26.2. The molecule has 40 heavy (non-hydrogen) atoms. The third-order valence-corrected chi connectivity index (χ3v) is 7.94. The molecule has 0 spiro atoms. The van der Waals surface area contributed by atoms with Crippen molar-refractivity contribution in [3.8, 4) is 0 Å². The van der Waals surface area contributed by atoms with Gasteiger partial charge in [0.25, 0.3) is 11.5 Å². The third kappa shape index (κ3) is 4.37. The van der Waals surface area contributed by atoms with Gasteiger partial charge in [-0.2, -0.15) is 0 Å². The summed E-state index contributed by atoms with van der Waals surface area (Å²) in [5, 5.41) is 0.873. The van der Waals surface area contributed by atoms with Gasteiger partial charge < -0.3 is 24.8 Å². The summed E-state index contributed by atoms with van der Waals surface area (Å²) < 4.78 is 9.93. The molecule has 5 heterocycles. The molecule has 0 bridgehead atoms. The molecule has 1 amide bonds. The highest BCUT2D eigenvalue weighted by atomic mass is 16.5. The van der Waals surface area contributed by atoms with Crippen molar-refractivity contribution in [2.24, 2.45) is 12.8 Å². The van der Waals surface area contributed by atoms with Crippen molar-refractivity contribution in [2.45, 2.75) is 38.9 Å². The zero-order valence-electron chi connectivity index (χ0n) is 22.9. The molecular formula is C28H34N8O4. The number of ether oxygens (including phenoxy) is 1. The van der Waals surface area contributed by atoms with E-state index < -0.39 is 11.2 Å². The summed E-state index contributed by atoms with van der Waals surface area (Å²) in [4.78, 5) is 54.8. The Morgan fingerprint density at radius 1 is 1.10 bits per heavy atom. The summed E-state index contributed by atoms with van der Waals surface area (Å²) >= 11 is 0. The van der Waals surface area contributed by atoms with Crippen molar-refractivity contribution in [1.82, 2.24) is 28.6 Å². The number of hydrogen-bond donors (Lipinski definition) is 1. The number of rotatable bonds is 5. The fourth-order valence-corrected chi connectivity index (χ4v) is 5.96. The number of anilines is 1. The molecule has 2 fully saturated rings. The van der Waals surface area contributed by atoms with Crippen LogP contribution in [0.3, 0.4) is 0 Å². The van der Waals surface area contributed by atoms with Crippen LogP contribution in [-0.4, -0.2) is 79.9 Å². The second-order valence-corrected chi connectivity index (χ2v) is 10.5. The Balaban J connectivity index is 1.57. The minimum absolute atomic E-state index is 0.0473. The molecule has 2 N–H and O–H groups in total. The predicted octanol–water partition coefficient (Wildman–Crippen LogP) is 0.913. The van der Waals surface area contributed by atoms with Gasteiger partial charge >= 0.3 is 5.69 Å². The number of morpholine rings is 1. The molecule has 4 aromatic rings. The van der Waals surface area contributed by atoms with Gasteiger partial charge in [-0.05, 0) is 25.8 Å². The number of para-hydroxylation sites is 1. The SMILES string of the molecule is CCn1c(N2CCC[C@@H](N)C2)c(C(=O)N2CCOCC2)c2c1c(=O)n(Cc1ncc3ccccc3n1)c(=O)n2C. The van der Waals surface area contributed by atoms with E-state index in [1.165, 1.54) is 4.57 Å². The first-order chi connectivity index (χ1) is 19.4. The smallest absolute Gasteiger partial charge is 0.331 e. The van der Waals surface area contributed by atoms with Crippen LogP contribution in [0.1, 0.15) is 35.9 Å². The zero-order valence-corrected chi connectivity index (χ0v) is 22.9. The van der Waals surface area contributed by atoms with Crippen LogP contribution in [-0.2, 0) is 24.9 Å². The number of benzene rings is 1. The molecule has 2 saturated heterocycles. The van der Waals surface area contributed by atoms with Crippen LogP contribution in [0.2, 0.25) is 0 Å². The van der Waals surface area contributed by atoms with Crippen LogP contribution in [0.15, 0.2) is 40.1 Å². The van der Waals surface area contributed by atoms with Crippen LogP contribution in [0.4, 0.5) is 5.82 Å². The molecule has 0 saturated carbocycles. The van der Waals surface area contributed by atoms with Crippen molar-refractivity contribution in [3.05, 3.63) is 62.7 Å². The lowest BCUT2D eigenvalue weighted by atomic mass is 10.1. The quantitative estimate of drug-likeness (QED) is 0.391. The topological polar surface area (TPSA) is 134 Å². The lowest BCUT2D eigenvalue weighted by Crippen LogP contribution is -2.45. The number of hydrogen-bond acceptors (Lipinski definition) is 8. The number of nitrogens with zero attached hydrogens (tertiary/aromatic N) is 7. The van der Waals surface area contributed by atoms with E-state index in [0.717, 1.165) is 28.3 Å². The van der Waals surface area contributed by atoms with E-state index in [4.69, 9.17) is 10.5 Å².